The number of unbranched alkanes of at least 4 members (excludes halogenated alkanes) is 7. The summed E-state index contributed by atoms with van der Waals surface area (Å²) in [5.74, 6) is -1.67. The summed E-state index contributed by atoms with van der Waals surface area (Å²) in [6, 6.07) is 15.7. The number of hydrogen-bond acceptors (Lipinski definition) is 9. The van der Waals surface area contributed by atoms with E-state index >= 15 is 0 Å². The zero-order chi connectivity index (χ0) is 55.5. The van der Waals surface area contributed by atoms with Gasteiger partial charge in [-0.05, 0) is 99.2 Å². The fourth-order valence-electron chi connectivity index (χ4n) is 11.2. The van der Waals surface area contributed by atoms with Crippen molar-refractivity contribution in [3.05, 3.63) is 106 Å². The van der Waals surface area contributed by atoms with Gasteiger partial charge in [-0.25, -0.2) is 8.78 Å². The second kappa shape index (κ2) is 25.6. The first kappa shape index (κ1) is 56.5. The number of carbonyl (C=O) groups excluding carboxylic acids is 9. The van der Waals surface area contributed by atoms with Gasteiger partial charge in [0, 0.05) is 79.3 Å². The lowest BCUT2D eigenvalue weighted by Gasteiger charge is -2.31. The number of alkyl halides is 2. The molecular weight excluding hydrogens is 1000 g/mol. The zero-order valence-corrected chi connectivity index (χ0v) is 43.9. The molecule has 6 atom stereocenters. The van der Waals surface area contributed by atoms with E-state index in [1.54, 1.807) is 42.5 Å². The van der Waals surface area contributed by atoms with Crippen LogP contribution in [-0.4, -0.2) is 105 Å². The standard InChI is InChI=1S/C59H68F2N8O9/c1-59(60,61)39-23-25-44-38(32-39)33-47(64-44)54(74)66-46-22-15-20-40-24-27-49(69(40)58(46)78)56(76)65-45(26-29-51(62)71)50(70)34-42(36-16-11-9-12-17-36)53(73)63-31-13-8-6-4-2-3-5-7-10-18-37-19-14-21-41-43(37)35-68(57(41)77)48-28-30-52(72)67-55(48)75/h9,11-12,14,16-17,19,21,23,25,32-33,40,42,45-46,48-49,64H,2-8,13,15,20,22,24,26-31,34-35H2,1H3,(H2,62,71)(H,63,73)(H,65,76)(H,66,74)(H,67,72,75)/t40-,42-,45-,46-,48?,49-/m0/s1. The lowest BCUT2D eigenvalue weighted by atomic mass is 9.89. The molecule has 1 unspecified atom stereocenters. The van der Waals surface area contributed by atoms with Crippen LogP contribution in [-0.2, 0) is 46.0 Å². The van der Waals surface area contributed by atoms with E-state index in [2.05, 4.69) is 38.1 Å². The summed E-state index contributed by atoms with van der Waals surface area (Å²) in [6.45, 7) is 1.46. The molecule has 0 bridgehead atoms. The van der Waals surface area contributed by atoms with Gasteiger partial charge in [-0.3, -0.25) is 48.5 Å². The minimum atomic E-state index is -3.08. The molecule has 19 heteroatoms. The van der Waals surface area contributed by atoms with Gasteiger partial charge < -0.3 is 36.5 Å². The number of piperidine rings is 1. The molecule has 8 rings (SSSR count). The minimum Gasteiger partial charge on any atom is -0.370 e. The Labute approximate surface area is 451 Å². The predicted molar refractivity (Wildman–Crippen MR) is 285 cm³/mol. The Morgan fingerprint density at radius 3 is 2.36 bits per heavy atom. The fraction of sp³-hybridized carbons (Fsp3) is 0.475. The molecule has 8 amide bonds. The smallest absolute Gasteiger partial charge is 0.270 e. The number of nitrogens with two attached hydrogens (primary N) is 1. The second-order valence-corrected chi connectivity index (χ2v) is 21.1. The van der Waals surface area contributed by atoms with Gasteiger partial charge in [-0.2, -0.15) is 0 Å². The van der Waals surface area contributed by atoms with E-state index in [4.69, 9.17) is 5.73 Å². The molecule has 3 saturated heterocycles. The molecule has 1 aromatic heterocycles. The van der Waals surface area contributed by atoms with Crippen LogP contribution in [0.4, 0.5) is 8.78 Å². The molecule has 4 aromatic rings. The van der Waals surface area contributed by atoms with Gasteiger partial charge in [0.1, 0.15) is 23.8 Å². The van der Waals surface area contributed by atoms with Crippen molar-refractivity contribution >= 4 is 63.9 Å². The molecular formula is C59H68F2N8O9. The maximum absolute atomic E-state index is 14.2. The van der Waals surface area contributed by atoms with E-state index in [9.17, 15) is 51.9 Å². The Kier molecular flexibility index (Phi) is 18.5. The van der Waals surface area contributed by atoms with Crippen LogP contribution in [0.2, 0.25) is 0 Å². The van der Waals surface area contributed by atoms with Crippen LogP contribution in [0.1, 0.15) is 172 Å². The van der Waals surface area contributed by atoms with Crippen LogP contribution in [0.15, 0.2) is 72.8 Å². The molecule has 0 spiro atoms. The average Bonchev–Trinajstić information content (AvgIpc) is 4.15. The molecule has 17 nitrogen and oxygen atoms in total. The summed E-state index contributed by atoms with van der Waals surface area (Å²) in [5.41, 5.74) is 8.58. The van der Waals surface area contributed by atoms with Crippen LogP contribution >= 0.6 is 0 Å². The Balaban J connectivity index is 0.790. The third-order valence-electron chi connectivity index (χ3n) is 15.5. The van der Waals surface area contributed by atoms with Crippen LogP contribution in [0.3, 0.4) is 0 Å². The maximum atomic E-state index is 14.2. The van der Waals surface area contributed by atoms with Crippen molar-refractivity contribution in [2.45, 2.75) is 171 Å². The molecule has 412 valence electrons. The van der Waals surface area contributed by atoms with Crippen molar-refractivity contribution in [2.24, 2.45) is 5.73 Å². The number of nitrogens with one attached hydrogen (secondary N) is 5. The first-order valence-electron chi connectivity index (χ1n) is 27.3. The summed E-state index contributed by atoms with van der Waals surface area (Å²) >= 11 is 0. The van der Waals surface area contributed by atoms with Crippen molar-refractivity contribution in [1.29, 1.82) is 0 Å². The first-order chi connectivity index (χ1) is 37.5. The number of ketones is 1. The van der Waals surface area contributed by atoms with Crippen LogP contribution in [0.5, 0.6) is 0 Å². The number of aromatic amines is 1. The van der Waals surface area contributed by atoms with Gasteiger partial charge in [0.25, 0.3) is 17.7 Å². The molecule has 3 aromatic carbocycles. The number of rotatable bonds is 23. The SMILES string of the molecule is CC(F)(F)c1ccc2[nH]c(C(=O)N[C@H]3CCC[C@H]4CC[C@@H](C(=O)N[C@@H](CCC(N)=O)C(=O)C[C@H](C(=O)NCCCCCCCCCC#Cc5cccc6c5CN(C5CCC(=O)NC5=O)C6=O)c5ccccc5)N4C3=O)cc2c1. The summed E-state index contributed by atoms with van der Waals surface area (Å²) in [5, 5.41) is 11.3. The van der Waals surface area contributed by atoms with Crippen molar-refractivity contribution in [3.8, 4) is 11.8 Å². The van der Waals surface area contributed by atoms with Gasteiger partial charge in [-0.15, -0.1) is 0 Å². The van der Waals surface area contributed by atoms with Gasteiger partial charge in [-0.1, -0.05) is 86.4 Å². The van der Waals surface area contributed by atoms with Crippen LogP contribution in [0.25, 0.3) is 10.9 Å². The zero-order valence-electron chi connectivity index (χ0n) is 43.9. The first-order valence-corrected chi connectivity index (χ1v) is 27.3. The van der Waals surface area contributed by atoms with E-state index in [1.165, 1.54) is 34.1 Å². The fourth-order valence-corrected chi connectivity index (χ4v) is 11.2. The topological polar surface area (TPSA) is 250 Å². The van der Waals surface area contributed by atoms with E-state index in [1.807, 2.05) is 6.07 Å². The number of aromatic nitrogens is 1. The predicted octanol–water partition coefficient (Wildman–Crippen LogP) is 6.46. The molecule has 7 N–H and O–H groups in total. The van der Waals surface area contributed by atoms with Crippen LogP contribution < -0.4 is 27.0 Å². The van der Waals surface area contributed by atoms with Crippen molar-refractivity contribution < 1.29 is 51.9 Å². The van der Waals surface area contributed by atoms with Gasteiger partial charge in [0.15, 0.2) is 5.78 Å². The highest BCUT2D eigenvalue weighted by atomic mass is 19.3. The number of nitrogens with zero attached hydrogens (tertiary/aromatic N) is 2. The molecule has 0 aliphatic carbocycles. The normalized spacial score (nSPS) is 19.9. The van der Waals surface area contributed by atoms with Crippen molar-refractivity contribution in [1.82, 2.24) is 36.1 Å². The number of primary amides is 1. The molecule has 78 heavy (non-hydrogen) atoms. The highest BCUT2D eigenvalue weighted by Crippen LogP contribution is 2.34. The monoisotopic (exact) mass is 1070 g/mol. The number of benzene rings is 3. The maximum Gasteiger partial charge on any atom is 0.270 e. The third-order valence-corrected chi connectivity index (χ3v) is 15.5. The van der Waals surface area contributed by atoms with Crippen LogP contribution in [0, 0.1) is 11.8 Å². The number of carbonyl (C=O) groups is 9. The summed E-state index contributed by atoms with van der Waals surface area (Å²) in [7, 11) is 0. The molecule has 3 fully saturated rings. The van der Waals surface area contributed by atoms with E-state index in [0.29, 0.717) is 73.5 Å². The highest BCUT2D eigenvalue weighted by molar-refractivity contribution is 6.06. The minimum absolute atomic E-state index is 0.0857. The Morgan fingerprint density at radius 1 is 0.859 bits per heavy atom. The highest BCUT2D eigenvalue weighted by Gasteiger charge is 2.46. The second-order valence-electron chi connectivity index (χ2n) is 21.1. The average molecular weight is 1070 g/mol. The Morgan fingerprint density at radius 2 is 1.62 bits per heavy atom. The van der Waals surface area contributed by atoms with Gasteiger partial charge in [0.2, 0.25) is 35.4 Å². The largest absolute Gasteiger partial charge is 0.370 e. The molecule has 4 aliphatic rings. The number of H-pyrrole nitrogens is 1. The van der Waals surface area contributed by atoms with E-state index < -0.39 is 71.3 Å². The summed E-state index contributed by atoms with van der Waals surface area (Å²) in [6.07, 6.45) is 9.39. The van der Waals surface area contributed by atoms with Crippen molar-refractivity contribution in [2.75, 3.05) is 6.54 Å². The Bertz CT molecular complexity index is 3000. The lowest BCUT2D eigenvalue weighted by Crippen LogP contribution is -2.56. The summed E-state index contributed by atoms with van der Waals surface area (Å²) in [4.78, 5) is 125. The number of halogens is 2. The number of amides is 8. The molecule has 0 saturated carbocycles. The number of fused-ring (bicyclic) bond motifs is 3. The number of Topliss-reactive ketones (excluding diaryl/α,β-unsaturated/α-hetero) is 1. The van der Waals surface area contributed by atoms with E-state index in [-0.39, 0.29) is 67.2 Å². The summed E-state index contributed by atoms with van der Waals surface area (Å²) < 4.78 is 28.0. The number of imide groups is 1. The van der Waals surface area contributed by atoms with E-state index in [0.717, 1.165) is 63.0 Å². The van der Waals surface area contributed by atoms with Gasteiger partial charge >= 0.3 is 0 Å². The quantitative estimate of drug-likeness (QED) is 0.0270. The van der Waals surface area contributed by atoms with Gasteiger partial charge in [0.05, 0.1) is 12.0 Å². The van der Waals surface area contributed by atoms with Crippen molar-refractivity contribution in [3.63, 3.8) is 0 Å². The number of hydrogen-bond donors (Lipinski definition) is 6. The molecule has 0 radical (unpaired) electrons. The molecule has 4 aliphatic heterocycles. The molecule has 5 heterocycles. The third kappa shape index (κ3) is 13.9. The lowest BCUT2D eigenvalue weighted by molar-refractivity contribution is -0.142. The Hall–Kier alpha value is -7.75.